The molecular weight excluding hydrogens is 116 g/mol. The molecule has 0 aromatic carbocycles. The Hall–Kier alpha value is -0.570. The van der Waals surface area contributed by atoms with Crippen LogP contribution in [0.3, 0.4) is 0 Å². The fourth-order valence-corrected chi connectivity index (χ4v) is 1.03. The van der Waals surface area contributed by atoms with Gasteiger partial charge in [0.1, 0.15) is 0 Å². The third-order valence-corrected chi connectivity index (χ3v) is 1.62. The molecule has 0 bridgehead atoms. The number of carbonyl (C=O) groups is 1. The lowest BCUT2D eigenvalue weighted by Gasteiger charge is -2.23. The van der Waals surface area contributed by atoms with Crippen molar-refractivity contribution in [2.45, 2.75) is 19.4 Å². The molecule has 3 N–H and O–H groups in total. The Kier molecular flexibility index (Phi) is 1.71. The molecule has 1 aliphatic rings. The van der Waals surface area contributed by atoms with E-state index >= 15 is 0 Å². The molecule has 0 saturated carbocycles. The summed E-state index contributed by atoms with van der Waals surface area (Å²) in [6.45, 7) is 2.87. The van der Waals surface area contributed by atoms with Gasteiger partial charge in [-0.1, -0.05) is 6.92 Å². The van der Waals surface area contributed by atoms with Gasteiger partial charge in [-0.25, -0.2) is 0 Å². The number of hydrogen-bond acceptors (Lipinski definition) is 2. The van der Waals surface area contributed by atoms with Gasteiger partial charge >= 0.3 is 0 Å². The molecule has 3 heteroatoms. The molecule has 1 heterocycles. The molecule has 52 valence electrons. The summed E-state index contributed by atoms with van der Waals surface area (Å²) in [6, 6.07) is -0.270. The summed E-state index contributed by atoms with van der Waals surface area (Å²) >= 11 is 0. The van der Waals surface area contributed by atoms with Gasteiger partial charge in [0, 0.05) is 6.54 Å². The quantitative estimate of drug-likeness (QED) is 0.461. The highest BCUT2D eigenvalue weighted by Gasteiger charge is 2.21. The summed E-state index contributed by atoms with van der Waals surface area (Å²) in [5.41, 5.74) is 5.46. The zero-order chi connectivity index (χ0) is 6.85. The summed E-state index contributed by atoms with van der Waals surface area (Å²) in [5, 5.41) is 2.72. The molecule has 1 saturated heterocycles. The normalized spacial score (nSPS) is 36.0. The van der Waals surface area contributed by atoms with Crippen molar-refractivity contribution in [2.24, 2.45) is 11.7 Å². The molecule has 1 unspecified atom stereocenters. The molecule has 2 atom stereocenters. The van der Waals surface area contributed by atoms with Crippen molar-refractivity contribution < 1.29 is 4.79 Å². The lowest BCUT2D eigenvalue weighted by atomic mass is 9.98. The van der Waals surface area contributed by atoms with Gasteiger partial charge in [0.2, 0.25) is 5.91 Å². The molecular formula is C6H12N2O. The number of piperidine rings is 1. The Morgan fingerprint density at radius 3 is 2.89 bits per heavy atom. The number of nitrogens with two attached hydrogens (primary N) is 1. The average Bonchev–Trinajstić information content (AvgIpc) is 1.80. The fraction of sp³-hybridized carbons (Fsp3) is 0.833. The van der Waals surface area contributed by atoms with Crippen molar-refractivity contribution in [1.29, 1.82) is 0 Å². The van der Waals surface area contributed by atoms with Crippen LogP contribution in [0.1, 0.15) is 13.3 Å². The SMILES string of the molecule is CC1CNC(=O)[C@@H](N)C1. The maximum absolute atomic E-state index is 10.7. The minimum atomic E-state index is -0.270. The second-order valence-electron chi connectivity index (χ2n) is 2.69. The molecule has 1 aliphatic heterocycles. The van der Waals surface area contributed by atoms with E-state index in [9.17, 15) is 4.79 Å². The maximum atomic E-state index is 10.7. The highest BCUT2D eigenvalue weighted by molar-refractivity contribution is 5.82. The van der Waals surface area contributed by atoms with Crippen LogP contribution in [0.2, 0.25) is 0 Å². The van der Waals surface area contributed by atoms with Crippen molar-refractivity contribution in [3.63, 3.8) is 0 Å². The number of rotatable bonds is 0. The summed E-state index contributed by atoms with van der Waals surface area (Å²) < 4.78 is 0. The number of carbonyl (C=O) groups excluding carboxylic acids is 1. The summed E-state index contributed by atoms with van der Waals surface area (Å²) in [6.07, 6.45) is 0.825. The van der Waals surface area contributed by atoms with Gasteiger partial charge in [-0.15, -0.1) is 0 Å². The molecule has 1 fully saturated rings. The first-order valence-electron chi connectivity index (χ1n) is 3.23. The lowest BCUT2D eigenvalue weighted by Crippen LogP contribution is -2.48. The van der Waals surface area contributed by atoms with Gasteiger partial charge in [-0.05, 0) is 12.3 Å². The number of hydrogen-bond donors (Lipinski definition) is 2. The Labute approximate surface area is 54.6 Å². The van der Waals surface area contributed by atoms with Gasteiger partial charge in [-0.2, -0.15) is 0 Å². The van der Waals surface area contributed by atoms with Crippen LogP contribution in [-0.4, -0.2) is 18.5 Å². The van der Waals surface area contributed by atoms with Crippen LogP contribution in [0.5, 0.6) is 0 Å². The van der Waals surface area contributed by atoms with Gasteiger partial charge in [0.15, 0.2) is 0 Å². The zero-order valence-electron chi connectivity index (χ0n) is 5.55. The zero-order valence-corrected chi connectivity index (χ0v) is 5.55. The van der Waals surface area contributed by atoms with Crippen LogP contribution in [0, 0.1) is 5.92 Å². The van der Waals surface area contributed by atoms with Crippen LogP contribution >= 0.6 is 0 Å². The molecule has 9 heavy (non-hydrogen) atoms. The largest absolute Gasteiger partial charge is 0.354 e. The maximum Gasteiger partial charge on any atom is 0.236 e. The van der Waals surface area contributed by atoms with E-state index in [4.69, 9.17) is 5.73 Å². The molecule has 0 aromatic rings. The Balaban J connectivity index is 2.44. The highest BCUT2D eigenvalue weighted by atomic mass is 16.2. The first-order valence-corrected chi connectivity index (χ1v) is 3.23. The van der Waals surface area contributed by atoms with E-state index in [1.807, 2.05) is 0 Å². The Morgan fingerprint density at radius 1 is 1.78 bits per heavy atom. The van der Waals surface area contributed by atoms with Gasteiger partial charge in [-0.3, -0.25) is 4.79 Å². The smallest absolute Gasteiger partial charge is 0.236 e. The van der Waals surface area contributed by atoms with E-state index in [2.05, 4.69) is 12.2 Å². The first-order chi connectivity index (χ1) is 4.20. The number of nitrogens with one attached hydrogen (secondary N) is 1. The monoisotopic (exact) mass is 128 g/mol. The fourth-order valence-electron chi connectivity index (χ4n) is 1.03. The molecule has 1 rings (SSSR count). The molecule has 0 aliphatic carbocycles. The van der Waals surface area contributed by atoms with Crippen molar-refractivity contribution in [2.75, 3.05) is 6.54 Å². The summed E-state index contributed by atoms with van der Waals surface area (Å²) in [5.74, 6) is 0.533. The van der Waals surface area contributed by atoms with E-state index in [0.717, 1.165) is 13.0 Å². The molecule has 0 aromatic heterocycles. The third-order valence-electron chi connectivity index (χ3n) is 1.62. The summed E-state index contributed by atoms with van der Waals surface area (Å²) in [4.78, 5) is 10.7. The molecule has 0 radical (unpaired) electrons. The first kappa shape index (κ1) is 6.55. The van der Waals surface area contributed by atoms with E-state index in [-0.39, 0.29) is 11.9 Å². The predicted molar refractivity (Wildman–Crippen MR) is 34.8 cm³/mol. The second-order valence-corrected chi connectivity index (χ2v) is 2.69. The van der Waals surface area contributed by atoms with Gasteiger partial charge in [0.25, 0.3) is 0 Å². The van der Waals surface area contributed by atoms with E-state index in [0.29, 0.717) is 5.92 Å². The standard InChI is InChI=1S/C6H12N2O/c1-4-2-5(7)6(9)8-3-4/h4-5H,2-3,7H2,1H3,(H,8,9)/t4?,5-/m0/s1. The number of amides is 1. The van der Waals surface area contributed by atoms with Crippen LogP contribution < -0.4 is 11.1 Å². The van der Waals surface area contributed by atoms with Crippen molar-refractivity contribution >= 4 is 5.91 Å². The third kappa shape index (κ3) is 1.42. The van der Waals surface area contributed by atoms with Gasteiger partial charge < -0.3 is 11.1 Å². The van der Waals surface area contributed by atoms with Crippen molar-refractivity contribution in [1.82, 2.24) is 5.32 Å². The lowest BCUT2D eigenvalue weighted by molar-refractivity contribution is -0.124. The second kappa shape index (κ2) is 2.35. The summed E-state index contributed by atoms with van der Waals surface area (Å²) in [7, 11) is 0. The predicted octanol–water partition coefficient (Wildman–Crippen LogP) is -0.530. The Morgan fingerprint density at radius 2 is 2.44 bits per heavy atom. The van der Waals surface area contributed by atoms with Crippen LogP contribution in [0.25, 0.3) is 0 Å². The highest BCUT2D eigenvalue weighted by Crippen LogP contribution is 2.07. The van der Waals surface area contributed by atoms with Gasteiger partial charge in [0.05, 0.1) is 6.04 Å². The van der Waals surface area contributed by atoms with E-state index in [1.54, 1.807) is 0 Å². The van der Waals surface area contributed by atoms with Crippen molar-refractivity contribution in [3.8, 4) is 0 Å². The van der Waals surface area contributed by atoms with Crippen LogP contribution in [0.4, 0.5) is 0 Å². The minimum absolute atomic E-state index is 0.00639. The van der Waals surface area contributed by atoms with E-state index < -0.39 is 0 Å². The Bertz CT molecular complexity index is 124. The molecule has 0 spiro atoms. The van der Waals surface area contributed by atoms with Crippen LogP contribution in [-0.2, 0) is 4.79 Å². The minimum Gasteiger partial charge on any atom is -0.354 e. The van der Waals surface area contributed by atoms with E-state index in [1.165, 1.54) is 0 Å². The molecule has 1 amide bonds. The average molecular weight is 128 g/mol. The topological polar surface area (TPSA) is 55.1 Å². The molecule has 3 nitrogen and oxygen atoms in total. The van der Waals surface area contributed by atoms with Crippen molar-refractivity contribution in [3.05, 3.63) is 0 Å². The van der Waals surface area contributed by atoms with Crippen LogP contribution in [0.15, 0.2) is 0 Å².